The van der Waals surface area contributed by atoms with Crippen molar-refractivity contribution in [2.45, 2.75) is 19.3 Å². The van der Waals surface area contributed by atoms with Crippen LogP contribution in [0.2, 0.25) is 0 Å². The lowest BCUT2D eigenvalue weighted by Gasteiger charge is -2.06. The molecule has 0 heterocycles. The van der Waals surface area contributed by atoms with Crippen LogP contribution in [0.1, 0.15) is 18.4 Å². The van der Waals surface area contributed by atoms with Crippen LogP contribution in [0.15, 0.2) is 29.4 Å². The van der Waals surface area contributed by atoms with E-state index in [1.165, 1.54) is 0 Å². The molecule has 0 saturated heterocycles. The van der Waals surface area contributed by atoms with Crippen LogP contribution >= 0.6 is 0 Å². The minimum Gasteiger partial charge on any atom is -0.409 e. The molecule has 18 heavy (non-hydrogen) atoms. The van der Waals surface area contributed by atoms with Crippen molar-refractivity contribution < 1.29 is 15.1 Å². The number of aryl methyl sites for hydroxylation is 1. The molecule has 98 valence electrons. The summed E-state index contributed by atoms with van der Waals surface area (Å²) < 4.78 is 0. The molecule has 6 nitrogen and oxygen atoms in total. The standard InChI is InChI=1S/C12H17N3O3/c13-11(15-18)8-12(17)14-10-5-1-3-9(7-10)4-2-6-16/h1,3,5,7,16,18H,2,4,6,8H2,(H2,13,15)(H,14,17). The summed E-state index contributed by atoms with van der Waals surface area (Å²) in [6, 6.07) is 7.34. The largest absolute Gasteiger partial charge is 0.409 e. The van der Waals surface area contributed by atoms with Gasteiger partial charge in [-0.25, -0.2) is 0 Å². The first kappa shape index (κ1) is 14.0. The van der Waals surface area contributed by atoms with Crippen LogP contribution in [0, 0.1) is 0 Å². The number of anilines is 1. The van der Waals surface area contributed by atoms with Crippen LogP contribution in [0.5, 0.6) is 0 Å². The Labute approximate surface area is 105 Å². The van der Waals surface area contributed by atoms with Crippen LogP contribution in [0.25, 0.3) is 0 Å². The molecule has 0 spiro atoms. The Hall–Kier alpha value is -2.08. The predicted octanol–water partition coefficient (Wildman–Crippen LogP) is 0.686. The number of benzene rings is 1. The third kappa shape index (κ3) is 4.84. The number of carbonyl (C=O) groups is 1. The van der Waals surface area contributed by atoms with Gasteiger partial charge in [-0.2, -0.15) is 0 Å². The molecule has 0 unspecified atom stereocenters. The monoisotopic (exact) mass is 251 g/mol. The van der Waals surface area contributed by atoms with Crippen molar-refractivity contribution in [2.24, 2.45) is 10.9 Å². The highest BCUT2D eigenvalue weighted by atomic mass is 16.4. The second-order valence-corrected chi connectivity index (χ2v) is 3.84. The number of nitrogens with one attached hydrogen (secondary N) is 1. The fourth-order valence-electron chi connectivity index (χ4n) is 1.49. The van der Waals surface area contributed by atoms with Crippen molar-refractivity contribution in [1.82, 2.24) is 0 Å². The summed E-state index contributed by atoms with van der Waals surface area (Å²) in [7, 11) is 0. The number of aliphatic hydroxyl groups excluding tert-OH is 1. The lowest BCUT2D eigenvalue weighted by molar-refractivity contribution is -0.115. The number of amidine groups is 1. The fourth-order valence-corrected chi connectivity index (χ4v) is 1.49. The molecule has 0 fully saturated rings. The maximum Gasteiger partial charge on any atom is 0.232 e. The second-order valence-electron chi connectivity index (χ2n) is 3.84. The lowest BCUT2D eigenvalue weighted by Crippen LogP contribution is -2.22. The van der Waals surface area contributed by atoms with Gasteiger partial charge in [-0.05, 0) is 30.5 Å². The zero-order valence-electron chi connectivity index (χ0n) is 9.97. The summed E-state index contributed by atoms with van der Waals surface area (Å²) >= 11 is 0. The summed E-state index contributed by atoms with van der Waals surface area (Å²) in [6.07, 6.45) is 1.28. The molecule has 0 aromatic heterocycles. The smallest absolute Gasteiger partial charge is 0.232 e. The number of oxime groups is 1. The van der Waals surface area contributed by atoms with E-state index in [1.54, 1.807) is 6.07 Å². The van der Waals surface area contributed by atoms with Gasteiger partial charge >= 0.3 is 0 Å². The number of carbonyl (C=O) groups excluding carboxylic acids is 1. The highest BCUT2D eigenvalue weighted by Gasteiger charge is 2.05. The van der Waals surface area contributed by atoms with E-state index in [0.29, 0.717) is 12.1 Å². The summed E-state index contributed by atoms with van der Waals surface area (Å²) in [5.74, 6) is -0.478. The van der Waals surface area contributed by atoms with Gasteiger partial charge in [0, 0.05) is 12.3 Å². The van der Waals surface area contributed by atoms with Crippen LogP contribution in [0.3, 0.4) is 0 Å². The maximum absolute atomic E-state index is 11.5. The highest BCUT2D eigenvalue weighted by molar-refractivity contribution is 6.04. The first-order valence-corrected chi connectivity index (χ1v) is 5.61. The molecular weight excluding hydrogens is 234 g/mol. The Bertz CT molecular complexity index is 432. The average molecular weight is 251 g/mol. The molecule has 0 radical (unpaired) electrons. The quantitative estimate of drug-likeness (QED) is 0.258. The van der Waals surface area contributed by atoms with E-state index in [0.717, 1.165) is 12.0 Å². The predicted molar refractivity (Wildman–Crippen MR) is 68.5 cm³/mol. The van der Waals surface area contributed by atoms with Gasteiger partial charge in [-0.3, -0.25) is 4.79 Å². The maximum atomic E-state index is 11.5. The number of aliphatic hydroxyl groups is 1. The van der Waals surface area contributed by atoms with Gasteiger partial charge < -0.3 is 21.4 Å². The third-order valence-corrected chi connectivity index (χ3v) is 2.30. The molecule has 0 aliphatic carbocycles. The number of nitrogens with two attached hydrogens (primary N) is 1. The SMILES string of the molecule is N/C(CC(=O)Nc1cccc(CCCO)c1)=N/O. The zero-order valence-corrected chi connectivity index (χ0v) is 9.97. The first-order valence-electron chi connectivity index (χ1n) is 5.61. The molecule has 1 amide bonds. The Balaban J connectivity index is 2.58. The van der Waals surface area contributed by atoms with Gasteiger partial charge in [0.2, 0.25) is 5.91 Å². The average Bonchev–Trinajstić information content (AvgIpc) is 2.36. The van der Waals surface area contributed by atoms with Gasteiger partial charge in [-0.1, -0.05) is 17.3 Å². The van der Waals surface area contributed by atoms with Crippen molar-refractivity contribution in [2.75, 3.05) is 11.9 Å². The zero-order chi connectivity index (χ0) is 13.4. The molecule has 0 aliphatic rings. The van der Waals surface area contributed by atoms with E-state index in [4.69, 9.17) is 16.0 Å². The van der Waals surface area contributed by atoms with Crippen LogP contribution in [0.4, 0.5) is 5.69 Å². The molecule has 1 aromatic rings. The van der Waals surface area contributed by atoms with E-state index >= 15 is 0 Å². The van der Waals surface area contributed by atoms with Crippen molar-refractivity contribution in [3.05, 3.63) is 29.8 Å². The second kappa shape index (κ2) is 7.29. The molecule has 1 aromatic carbocycles. The van der Waals surface area contributed by atoms with E-state index < -0.39 is 0 Å². The van der Waals surface area contributed by atoms with E-state index in [9.17, 15) is 4.79 Å². The van der Waals surface area contributed by atoms with Gasteiger partial charge in [-0.15, -0.1) is 0 Å². The van der Waals surface area contributed by atoms with E-state index in [1.807, 2.05) is 18.2 Å². The van der Waals surface area contributed by atoms with Crippen molar-refractivity contribution in [3.8, 4) is 0 Å². The van der Waals surface area contributed by atoms with Crippen LogP contribution in [-0.2, 0) is 11.2 Å². The Morgan fingerprint density at radius 1 is 1.44 bits per heavy atom. The van der Waals surface area contributed by atoms with Gasteiger partial charge in [0.15, 0.2) is 0 Å². The van der Waals surface area contributed by atoms with Crippen LogP contribution < -0.4 is 11.1 Å². The van der Waals surface area contributed by atoms with Crippen molar-refractivity contribution in [1.29, 1.82) is 0 Å². The van der Waals surface area contributed by atoms with Crippen LogP contribution in [-0.4, -0.2) is 28.7 Å². The minimum absolute atomic E-state index is 0.135. The van der Waals surface area contributed by atoms with E-state index in [2.05, 4.69) is 10.5 Å². The summed E-state index contributed by atoms with van der Waals surface area (Å²) in [5.41, 5.74) is 6.92. The number of hydrogen-bond acceptors (Lipinski definition) is 4. The Morgan fingerprint density at radius 2 is 2.22 bits per heavy atom. The van der Waals surface area contributed by atoms with Crippen molar-refractivity contribution >= 4 is 17.4 Å². The molecule has 0 atom stereocenters. The van der Waals surface area contributed by atoms with Gasteiger partial charge in [0.05, 0.1) is 6.42 Å². The fraction of sp³-hybridized carbons (Fsp3) is 0.333. The molecule has 6 heteroatoms. The number of nitrogens with zero attached hydrogens (tertiary/aromatic N) is 1. The normalized spacial score (nSPS) is 11.3. The number of rotatable bonds is 6. The molecule has 0 aliphatic heterocycles. The summed E-state index contributed by atoms with van der Waals surface area (Å²) in [6.45, 7) is 0.139. The molecule has 1 rings (SSSR count). The number of hydrogen-bond donors (Lipinski definition) is 4. The van der Waals surface area contributed by atoms with Gasteiger partial charge in [0.1, 0.15) is 5.84 Å². The van der Waals surface area contributed by atoms with Crippen molar-refractivity contribution in [3.63, 3.8) is 0 Å². The third-order valence-electron chi connectivity index (χ3n) is 2.30. The molecule has 0 saturated carbocycles. The molecular formula is C12H17N3O3. The highest BCUT2D eigenvalue weighted by Crippen LogP contribution is 2.12. The number of amides is 1. The summed E-state index contributed by atoms with van der Waals surface area (Å²) in [4.78, 5) is 11.5. The lowest BCUT2D eigenvalue weighted by atomic mass is 10.1. The molecule has 5 N–H and O–H groups in total. The van der Waals surface area contributed by atoms with Gasteiger partial charge in [0.25, 0.3) is 0 Å². The molecule has 0 bridgehead atoms. The first-order chi connectivity index (χ1) is 8.65. The topological polar surface area (TPSA) is 108 Å². The van der Waals surface area contributed by atoms with E-state index in [-0.39, 0.29) is 24.8 Å². The Kier molecular flexibility index (Phi) is 5.66. The minimum atomic E-state index is -0.343. The summed E-state index contributed by atoms with van der Waals surface area (Å²) in [5, 5.41) is 22.5. The Morgan fingerprint density at radius 3 is 2.89 bits per heavy atom.